The highest BCUT2D eigenvalue weighted by atomic mass is 16.2. The number of carbonyl (C=O) groups excluding carboxylic acids is 2. The molecule has 2 aliphatic rings. The average Bonchev–Trinajstić information content (AvgIpc) is 2.62. The molecule has 1 saturated heterocycles. The Labute approximate surface area is 103 Å². The smallest absolute Gasteiger partial charge is 0.234 e. The lowest BCUT2D eigenvalue weighted by Crippen LogP contribution is -2.53. The van der Waals surface area contributed by atoms with Gasteiger partial charge < -0.3 is 5.73 Å². The van der Waals surface area contributed by atoms with Crippen LogP contribution < -0.4 is 5.73 Å². The summed E-state index contributed by atoms with van der Waals surface area (Å²) in [6.07, 6.45) is 0. The molecule has 17 heavy (non-hydrogen) atoms. The fraction of sp³-hybridized carbons (Fsp3) is 0.846. The molecule has 4 heteroatoms. The SMILES string of the molecule is CC(C)(C)C(CN)N1C(=O)C2C(C1=O)C2(C)C. The Balaban J connectivity index is 2.26. The van der Waals surface area contributed by atoms with E-state index in [0.29, 0.717) is 6.54 Å². The molecule has 0 bridgehead atoms. The summed E-state index contributed by atoms with van der Waals surface area (Å²) in [5, 5.41) is 0. The monoisotopic (exact) mass is 238 g/mol. The molecule has 96 valence electrons. The number of hydrogen-bond donors (Lipinski definition) is 1. The lowest BCUT2D eigenvalue weighted by molar-refractivity contribution is -0.148. The third-order valence-corrected chi connectivity index (χ3v) is 4.37. The van der Waals surface area contributed by atoms with Crippen molar-refractivity contribution in [2.75, 3.05) is 6.54 Å². The van der Waals surface area contributed by atoms with Crippen molar-refractivity contribution in [2.45, 2.75) is 40.7 Å². The van der Waals surface area contributed by atoms with Gasteiger partial charge >= 0.3 is 0 Å². The van der Waals surface area contributed by atoms with E-state index in [1.165, 1.54) is 4.90 Å². The Morgan fingerprint density at radius 1 is 1.24 bits per heavy atom. The van der Waals surface area contributed by atoms with Gasteiger partial charge in [-0.25, -0.2) is 0 Å². The van der Waals surface area contributed by atoms with Crippen LogP contribution in [0.25, 0.3) is 0 Å². The highest BCUT2D eigenvalue weighted by molar-refractivity contribution is 6.10. The van der Waals surface area contributed by atoms with Crippen LogP contribution >= 0.6 is 0 Å². The van der Waals surface area contributed by atoms with Gasteiger partial charge in [0.25, 0.3) is 0 Å². The minimum Gasteiger partial charge on any atom is -0.328 e. The van der Waals surface area contributed by atoms with E-state index < -0.39 is 0 Å². The van der Waals surface area contributed by atoms with Crippen molar-refractivity contribution in [2.24, 2.45) is 28.4 Å². The summed E-state index contributed by atoms with van der Waals surface area (Å²) in [5.41, 5.74) is 5.44. The zero-order valence-electron chi connectivity index (χ0n) is 11.3. The molecule has 0 aromatic carbocycles. The van der Waals surface area contributed by atoms with E-state index in [0.717, 1.165) is 0 Å². The molecule has 0 aromatic rings. The number of imide groups is 1. The molecular formula is C13H22N2O2. The number of nitrogens with two attached hydrogens (primary N) is 1. The van der Waals surface area contributed by atoms with E-state index in [4.69, 9.17) is 5.73 Å². The van der Waals surface area contributed by atoms with Gasteiger partial charge in [-0.05, 0) is 10.8 Å². The maximum Gasteiger partial charge on any atom is 0.234 e. The van der Waals surface area contributed by atoms with Gasteiger partial charge in [0.2, 0.25) is 11.8 Å². The molecule has 2 amide bonds. The second-order valence-electron chi connectivity index (χ2n) is 6.94. The quantitative estimate of drug-likeness (QED) is 0.730. The number of rotatable bonds is 2. The Bertz CT molecular complexity index is 357. The highest BCUT2D eigenvalue weighted by Gasteiger charge is 2.73. The highest BCUT2D eigenvalue weighted by Crippen LogP contribution is 2.63. The molecular weight excluding hydrogens is 216 g/mol. The zero-order chi connectivity index (χ0) is 13.2. The molecule has 0 aromatic heterocycles. The molecule has 0 radical (unpaired) electrons. The summed E-state index contributed by atoms with van der Waals surface area (Å²) in [7, 11) is 0. The first-order valence-corrected chi connectivity index (χ1v) is 6.21. The number of piperidine rings is 1. The van der Waals surface area contributed by atoms with Gasteiger partial charge in [0, 0.05) is 6.54 Å². The van der Waals surface area contributed by atoms with Gasteiger partial charge in [0.05, 0.1) is 17.9 Å². The second kappa shape index (κ2) is 3.31. The van der Waals surface area contributed by atoms with Crippen LogP contribution in [0, 0.1) is 22.7 Å². The lowest BCUT2D eigenvalue weighted by atomic mass is 9.85. The fourth-order valence-corrected chi connectivity index (χ4v) is 3.12. The van der Waals surface area contributed by atoms with E-state index >= 15 is 0 Å². The summed E-state index contributed by atoms with van der Waals surface area (Å²) >= 11 is 0. The van der Waals surface area contributed by atoms with Crippen LogP contribution in [0.15, 0.2) is 0 Å². The van der Waals surface area contributed by atoms with Crippen LogP contribution in [0.1, 0.15) is 34.6 Å². The van der Waals surface area contributed by atoms with Gasteiger partial charge in [-0.2, -0.15) is 0 Å². The van der Waals surface area contributed by atoms with Crippen molar-refractivity contribution in [3.8, 4) is 0 Å². The first kappa shape index (κ1) is 12.6. The van der Waals surface area contributed by atoms with E-state index in [1.807, 2.05) is 34.6 Å². The maximum absolute atomic E-state index is 12.3. The molecule has 1 aliphatic carbocycles. The first-order valence-electron chi connectivity index (χ1n) is 6.21. The third kappa shape index (κ3) is 1.53. The van der Waals surface area contributed by atoms with Crippen LogP contribution in [0.2, 0.25) is 0 Å². The van der Waals surface area contributed by atoms with Crippen molar-refractivity contribution in [3.63, 3.8) is 0 Å². The Morgan fingerprint density at radius 3 is 1.94 bits per heavy atom. The maximum atomic E-state index is 12.3. The van der Waals surface area contributed by atoms with Gasteiger partial charge in [-0.1, -0.05) is 34.6 Å². The number of carbonyl (C=O) groups is 2. The molecule has 0 spiro atoms. The number of hydrogen-bond acceptors (Lipinski definition) is 3. The van der Waals surface area contributed by atoms with Crippen molar-refractivity contribution in [1.82, 2.24) is 4.90 Å². The molecule has 1 saturated carbocycles. The summed E-state index contributed by atoms with van der Waals surface area (Å²) in [6, 6.07) is -0.189. The normalized spacial score (nSPS) is 32.7. The second-order valence-corrected chi connectivity index (χ2v) is 6.94. The van der Waals surface area contributed by atoms with Gasteiger partial charge in [0.15, 0.2) is 0 Å². The predicted octanol–water partition coefficient (Wildman–Crippen LogP) is 1.00. The van der Waals surface area contributed by atoms with Crippen LogP contribution in [0.4, 0.5) is 0 Å². The topological polar surface area (TPSA) is 63.4 Å². The van der Waals surface area contributed by atoms with Crippen LogP contribution in [-0.4, -0.2) is 29.3 Å². The van der Waals surface area contributed by atoms with Crippen molar-refractivity contribution in [1.29, 1.82) is 0 Å². The van der Waals surface area contributed by atoms with Crippen LogP contribution in [0.3, 0.4) is 0 Å². The van der Waals surface area contributed by atoms with Gasteiger partial charge in [-0.3, -0.25) is 14.5 Å². The van der Waals surface area contributed by atoms with Crippen molar-refractivity contribution in [3.05, 3.63) is 0 Å². The minimum atomic E-state index is -0.189. The van der Waals surface area contributed by atoms with E-state index in [9.17, 15) is 9.59 Å². The number of amides is 2. The minimum absolute atomic E-state index is 0.0182. The predicted molar refractivity (Wildman–Crippen MR) is 64.9 cm³/mol. The summed E-state index contributed by atoms with van der Waals surface area (Å²) in [4.78, 5) is 26.0. The van der Waals surface area contributed by atoms with Crippen LogP contribution in [-0.2, 0) is 9.59 Å². The zero-order valence-corrected chi connectivity index (χ0v) is 11.3. The summed E-state index contributed by atoms with van der Waals surface area (Å²) in [5.74, 6) is -0.247. The Hall–Kier alpha value is -0.900. The largest absolute Gasteiger partial charge is 0.328 e. The molecule has 3 unspecified atom stereocenters. The van der Waals surface area contributed by atoms with Gasteiger partial charge in [-0.15, -0.1) is 0 Å². The third-order valence-electron chi connectivity index (χ3n) is 4.37. The summed E-state index contributed by atoms with van der Waals surface area (Å²) in [6.45, 7) is 10.4. The summed E-state index contributed by atoms with van der Waals surface area (Å²) < 4.78 is 0. The number of likely N-dealkylation sites (tertiary alicyclic amines) is 1. The van der Waals surface area contributed by atoms with Crippen molar-refractivity contribution >= 4 is 11.8 Å². The molecule has 2 fully saturated rings. The van der Waals surface area contributed by atoms with Gasteiger partial charge in [0.1, 0.15) is 0 Å². The van der Waals surface area contributed by atoms with E-state index in [-0.39, 0.29) is 40.5 Å². The standard InChI is InChI=1S/C13H22N2O2/c1-12(2,3)7(6-14)15-10(16)8-9(11(15)17)13(8,4)5/h7-9H,6,14H2,1-5H3. The van der Waals surface area contributed by atoms with E-state index in [1.54, 1.807) is 0 Å². The molecule has 1 aliphatic heterocycles. The van der Waals surface area contributed by atoms with Crippen molar-refractivity contribution < 1.29 is 9.59 Å². The molecule has 2 N–H and O–H groups in total. The Morgan fingerprint density at radius 2 is 1.65 bits per heavy atom. The number of nitrogens with zero attached hydrogens (tertiary/aromatic N) is 1. The number of fused-ring (bicyclic) bond motifs is 1. The molecule has 1 heterocycles. The Kier molecular flexibility index (Phi) is 2.45. The van der Waals surface area contributed by atoms with E-state index in [2.05, 4.69) is 0 Å². The molecule has 2 rings (SSSR count). The first-order chi connectivity index (χ1) is 7.64. The van der Waals surface area contributed by atoms with Crippen LogP contribution in [0.5, 0.6) is 0 Å². The lowest BCUT2D eigenvalue weighted by Gasteiger charge is -2.37. The molecule has 4 nitrogen and oxygen atoms in total. The fourth-order valence-electron chi connectivity index (χ4n) is 3.12. The average molecular weight is 238 g/mol. The molecule has 3 atom stereocenters.